The molecule has 0 N–H and O–H groups in total. The topological polar surface area (TPSA) is 105 Å². The van der Waals surface area contributed by atoms with Crippen LogP contribution in [0.1, 0.15) is 351 Å². The van der Waals surface area contributed by atoms with Gasteiger partial charge in [0.2, 0.25) is 0 Å². The first kappa shape index (κ1) is 74.0. The number of unbranched alkanes of at least 4 members (excludes halogenated alkanes) is 32. The molecule has 0 aliphatic heterocycles. The van der Waals surface area contributed by atoms with Crippen molar-refractivity contribution in [2.75, 3.05) is 26.4 Å². The molecule has 0 radical (unpaired) electrons. The average Bonchev–Trinajstić information content (AvgIpc) is 3.36. The fraction of sp³-hybridized carbons (Fsp3) is 0.939. The molecule has 0 rings (SSSR count). The molecule has 0 bridgehead atoms. The Kier molecular flexibility index (Phi) is 60.1. The SMILES string of the molecule is CC(C)CCCCCOC(=O)CCCCCCCCCCCCC(C)CC(=O)OCCCCCC(C)C.CCCCCCCCOC(=O)CCCCCCCCCCCCC(C)CC(=O)OCCCCCCCC. The van der Waals surface area contributed by atoms with Gasteiger partial charge in [-0.1, -0.05) is 287 Å². The molecule has 8 nitrogen and oxygen atoms in total. The summed E-state index contributed by atoms with van der Waals surface area (Å²) >= 11 is 0. The highest BCUT2D eigenvalue weighted by atomic mass is 16.5. The lowest BCUT2D eigenvalue weighted by atomic mass is 9.99. The van der Waals surface area contributed by atoms with Crippen molar-refractivity contribution in [2.45, 2.75) is 351 Å². The number of carbonyl (C=O) groups is 4. The molecule has 0 fully saturated rings. The van der Waals surface area contributed by atoms with Gasteiger partial charge in [-0.25, -0.2) is 0 Å². The molecular formula is C66H128O8. The second-order valence-electron chi connectivity index (χ2n) is 23.7. The maximum Gasteiger partial charge on any atom is 0.306 e. The summed E-state index contributed by atoms with van der Waals surface area (Å²) in [4.78, 5) is 47.5. The van der Waals surface area contributed by atoms with E-state index in [2.05, 4.69) is 55.4 Å². The van der Waals surface area contributed by atoms with Crippen molar-refractivity contribution in [3.05, 3.63) is 0 Å². The van der Waals surface area contributed by atoms with Crippen LogP contribution in [-0.4, -0.2) is 50.3 Å². The number of hydrogen-bond acceptors (Lipinski definition) is 8. The Bertz CT molecular complexity index is 1190. The summed E-state index contributed by atoms with van der Waals surface area (Å²) in [5.41, 5.74) is 0. The highest BCUT2D eigenvalue weighted by molar-refractivity contribution is 5.70. The third kappa shape index (κ3) is 64.2. The van der Waals surface area contributed by atoms with E-state index in [1.165, 1.54) is 199 Å². The number of hydrogen-bond donors (Lipinski definition) is 0. The molecule has 0 saturated carbocycles. The van der Waals surface area contributed by atoms with Crippen LogP contribution in [0.4, 0.5) is 0 Å². The molecule has 74 heavy (non-hydrogen) atoms. The quantitative estimate of drug-likeness (QED) is 0.0337. The van der Waals surface area contributed by atoms with Crippen molar-refractivity contribution < 1.29 is 38.1 Å². The zero-order valence-corrected chi connectivity index (χ0v) is 50.9. The van der Waals surface area contributed by atoms with Gasteiger partial charge in [0.05, 0.1) is 26.4 Å². The van der Waals surface area contributed by atoms with Gasteiger partial charge in [0.15, 0.2) is 0 Å². The summed E-state index contributed by atoms with van der Waals surface area (Å²) in [5, 5.41) is 0. The molecule has 0 aliphatic carbocycles. The number of rotatable bonds is 56. The minimum atomic E-state index is -0.0132. The smallest absolute Gasteiger partial charge is 0.306 e. The molecule has 0 aromatic carbocycles. The van der Waals surface area contributed by atoms with Gasteiger partial charge in [-0.15, -0.1) is 0 Å². The van der Waals surface area contributed by atoms with Gasteiger partial charge >= 0.3 is 23.9 Å². The molecule has 2 unspecified atom stereocenters. The van der Waals surface area contributed by atoms with Crippen LogP contribution in [0.3, 0.4) is 0 Å². The monoisotopic (exact) mass is 1050 g/mol. The van der Waals surface area contributed by atoms with Crippen LogP contribution in [0.2, 0.25) is 0 Å². The number of ether oxygens (including phenoxy) is 4. The maximum atomic E-state index is 12.0. The molecule has 0 aromatic rings. The van der Waals surface area contributed by atoms with E-state index in [4.69, 9.17) is 18.9 Å². The third-order valence-electron chi connectivity index (χ3n) is 14.6. The van der Waals surface area contributed by atoms with Crippen LogP contribution in [0.15, 0.2) is 0 Å². The summed E-state index contributed by atoms with van der Waals surface area (Å²) in [6.45, 7) is 20.2. The van der Waals surface area contributed by atoms with Crippen molar-refractivity contribution >= 4 is 23.9 Å². The molecule has 2 atom stereocenters. The number of esters is 4. The van der Waals surface area contributed by atoms with Crippen LogP contribution in [0, 0.1) is 23.7 Å². The third-order valence-corrected chi connectivity index (χ3v) is 14.6. The predicted molar refractivity (Wildman–Crippen MR) is 316 cm³/mol. The summed E-state index contributed by atoms with van der Waals surface area (Å²) < 4.78 is 21.5. The standard InChI is InChI=1S/2C33H64O4/c1-29(2)22-16-14-20-26-36-32(34)25-19-13-11-9-7-6-8-10-12-18-24-31(5)28-33(35)37-27-21-15-17-23-30(3)4;1-4-6-8-10-20-24-28-36-32(34)27-23-19-17-15-13-12-14-16-18-22-26-31(3)30-33(35)37-29-25-21-11-9-7-5-2/h29-31H,6-28H2,1-5H3;31H,4-30H2,1-3H3. The minimum Gasteiger partial charge on any atom is -0.466 e. The highest BCUT2D eigenvalue weighted by Crippen LogP contribution is 2.19. The van der Waals surface area contributed by atoms with E-state index in [1.807, 2.05) is 0 Å². The van der Waals surface area contributed by atoms with Crippen molar-refractivity contribution in [3.63, 3.8) is 0 Å². The Morgan fingerprint density at radius 3 is 0.757 bits per heavy atom. The van der Waals surface area contributed by atoms with Crippen molar-refractivity contribution in [3.8, 4) is 0 Å². The van der Waals surface area contributed by atoms with E-state index in [0.717, 1.165) is 82.5 Å². The molecule has 8 heteroatoms. The Hall–Kier alpha value is -2.12. The summed E-state index contributed by atoms with van der Waals surface area (Å²) in [7, 11) is 0. The van der Waals surface area contributed by atoms with E-state index < -0.39 is 0 Å². The Labute approximate surface area is 461 Å². The molecule has 0 aromatic heterocycles. The van der Waals surface area contributed by atoms with Gasteiger partial charge in [-0.2, -0.15) is 0 Å². The minimum absolute atomic E-state index is 0.00654. The Morgan fingerprint density at radius 1 is 0.257 bits per heavy atom. The first-order chi connectivity index (χ1) is 35.9. The van der Waals surface area contributed by atoms with Gasteiger partial charge in [-0.3, -0.25) is 19.2 Å². The van der Waals surface area contributed by atoms with E-state index in [1.54, 1.807) is 0 Å². The van der Waals surface area contributed by atoms with E-state index in [9.17, 15) is 19.2 Å². The van der Waals surface area contributed by atoms with Crippen molar-refractivity contribution in [2.24, 2.45) is 23.7 Å². The second-order valence-corrected chi connectivity index (χ2v) is 23.7. The van der Waals surface area contributed by atoms with E-state index in [-0.39, 0.29) is 23.9 Å². The Balaban J connectivity index is 0. The molecule has 0 aliphatic rings. The normalized spacial score (nSPS) is 12.1. The molecule has 0 saturated heterocycles. The van der Waals surface area contributed by atoms with Crippen LogP contribution in [-0.2, 0) is 38.1 Å². The van der Waals surface area contributed by atoms with Gasteiger partial charge in [-0.05, 0) is 62.2 Å². The maximum absolute atomic E-state index is 12.0. The number of carbonyl (C=O) groups excluding carboxylic acids is 4. The van der Waals surface area contributed by atoms with E-state index >= 15 is 0 Å². The van der Waals surface area contributed by atoms with Gasteiger partial charge in [0, 0.05) is 25.7 Å². The summed E-state index contributed by atoms with van der Waals surface area (Å²) in [6, 6.07) is 0. The highest BCUT2D eigenvalue weighted by Gasteiger charge is 2.12. The lowest BCUT2D eigenvalue weighted by molar-refractivity contribution is -0.145. The van der Waals surface area contributed by atoms with Crippen molar-refractivity contribution in [1.29, 1.82) is 0 Å². The molecule has 440 valence electrons. The zero-order valence-electron chi connectivity index (χ0n) is 50.9. The average molecular weight is 1050 g/mol. The second kappa shape index (κ2) is 60.1. The fourth-order valence-electron chi connectivity index (χ4n) is 9.56. The van der Waals surface area contributed by atoms with Crippen molar-refractivity contribution in [1.82, 2.24) is 0 Å². The molecular weight excluding hydrogens is 921 g/mol. The fourth-order valence-corrected chi connectivity index (χ4v) is 9.56. The Morgan fingerprint density at radius 2 is 0.473 bits per heavy atom. The molecule has 0 spiro atoms. The van der Waals surface area contributed by atoms with E-state index in [0.29, 0.717) is 63.9 Å². The summed E-state index contributed by atoms with van der Waals surface area (Å²) in [5.74, 6) is 2.36. The molecule has 0 amide bonds. The van der Waals surface area contributed by atoms with Gasteiger partial charge in [0.25, 0.3) is 0 Å². The lowest BCUT2D eigenvalue weighted by Gasteiger charge is -2.11. The van der Waals surface area contributed by atoms with Gasteiger partial charge < -0.3 is 18.9 Å². The van der Waals surface area contributed by atoms with Crippen LogP contribution < -0.4 is 0 Å². The largest absolute Gasteiger partial charge is 0.466 e. The lowest BCUT2D eigenvalue weighted by Crippen LogP contribution is -2.10. The van der Waals surface area contributed by atoms with Crippen LogP contribution in [0.5, 0.6) is 0 Å². The van der Waals surface area contributed by atoms with Gasteiger partial charge in [0.1, 0.15) is 0 Å². The van der Waals surface area contributed by atoms with Crippen LogP contribution in [0.25, 0.3) is 0 Å². The first-order valence-corrected chi connectivity index (χ1v) is 32.5. The molecule has 0 heterocycles. The first-order valence-electron chi connectivity index (χ1n) is 32.5. The van der Waals surface area contributed by atoms with Crippen LogP contribution >= 0.6 is 0 Å². The predicted octanol–water partition coefficient (Wildman–Crippen LogP) is 20.7. The summed E-state index contributed by atoms with van der Waals surface area (Å²) in [6.07, 6.45) is 53.4. The zero-order chi connectivity index (χ0) is 54.8.